The standard InChI is InChI=1S/C16H21ClN4/c1-5-11(3)18-15-9-16(20-12(4)19-15)21-14-7-6-13(17)8-10(14)2/h6-9,11H,5H2,1-4H3,(H2,18,19,20,21). The number of aryl methyl sites for hydroxylation is 2. The molecule has 1 aromatic heterocycles. The lowest BCUT2D eigenvalue weighted by molar-refractivity contribution is 0.757. The second-order valence-corrected chi connectivity index (χ2v) is 5.66. The van der Waals surface area contributed by atoms with Crippen LogP contribution in [0.15, 0.2) is 24.3 Å². The summed E-state index contributed by atoms with van der Waals surface area (Å²) in [6.07, 6.45) is 1.04. The first-order chi connectivity index (χ1) is 9.97. The van der Waals surface area contributed by atoms with Crippen molar-refractivity contribution in [1.29, 1.82) is 0 Å². The van der Waals surface area contributed by atoms with Crippen LogP contribution in [0.4, 0.5) is 17.3 Å². The van der Waals surface area contributed by atoms with E-state index in [1.807, 2.05) is 38.1 Å². The number of aromatic nitrogens is 2. The molecule has 0 saturated carbocycles. The second-order valence-electron chi connectivity index (χ2n) is 5.22. The maximum Gasteiger partial charge on any atom is 0.136 e. The first-order valence-corrected chi connectivity index (χ1v) is 7.51. The average Bonchev–Trinajstić information content (AvgIpc) is 2.41. The van der Waals surface area contributed by atoms with Gasteiger partial charge in [-0.25, -0.2) is 9.97 Å². The molecular formula is C16H21ClN4. The normalized spacial score (nSPS) is 12.0. The van der Waals surface area contributed by atoms with Crippen molar-refractivity contribution in [1.82, 2.24) is 9.97 Å². The Bertz CT molecular complexity index is 628. The van der Waals surface area contributed by atoms with Gasteiger partial charge >= 0.3 is 0 Å². The minimum atomic E-state index is 0.379. The lowest BCUT2D eigenvalue weighted by atomic mass is 10.2. The van der Waals surface area contributed by atoms with Crippen molar-refractivity contribution in [3.63, 3.8) is 0 Å². The largest absolute Gasteiger partial charge is 0.367 e. The molecule has 4 nitrogen and oxygen atoms in total. The molecule has 0 bridgehead atoms. The van der Waals surface area contributed by atoms with Crippen LogP contribution in [0.3, 0.4) is 0 Å². The van der Waals surface area contributed by atoms with Gasteiger partial charge in [0.15, 0.2) is 0 Å². The first-order valence-electron chi connectivity index (χ1n) is 7.13. The molecule has 0 radical (unpaired) electrons. The van der Waals surface area contributed by atoms with Crippen molar-refractivity contribution in [2.75, 3.05) is 10.6 Å². The van der Waals surface area contributed by atoms with Crippen LogP contribution in [0.5, 0.6) is 0 Å². The quantitative estimate of drug-likeness (QED) is 0.840. The summed E-state index contributed by atoms with van der Waals surface area (Å²) >= 11 is 5.98. The highest BCUT2D eigenvalue weighted by atomic mass is 35.5. The van der Waals surface area contributed by atoms with Gasteiger partial charge in [-0.3, -0.25) is 0 Å². The molecule has 2 rings (SSSR count). The minimum Gasteiger partial charge on any atom is -0.367 e. The van der Waals surface area contributed by atoms with E-state index in [1.165, 1.54) is 0 Å². The van der Waals surface area contributed by atoms with Gasteiger partial charge in [-0.15, -0.1) is 0 Å². The van der Waals surface area contributed by atoms with E-state index in [-0.39, 0.29) is 0 Å². The molecule has 1 aromatic carbocycles. The number of nitrogens with zero attached hydrogens (tertiary/aromatic N) is 2. The van der Waals surface area contributed by atoms with Crippen molar-refractivity contribution in [2.45, 2.75) is 40.2 Å². The van der Waals surface area contributed by atoms with Gasteiger partial charge in [0.2, 0.25) is 0 Å². The topological polar surface area (TPSA) is 49.8 Å². The molecule has 0 saturated heterocycles. The first kappa shape index (κ1) is 15.6. The Balaban J connectivity index is 2.23. The van der Waals surface area contributed by atoms with Crippen molar-refractivity contribution in [2.24, 2.45) is 0 Å². The predicted molar refractivity (Wildman–Crippen MR) is 89.6 cm³/mol. The molecule has 0 aliphatic carbocycles. The number of benzene rings is 1. The van der Waals surface area contributed by atoms with E-state index in [1.54, 1.807) is 0 Å². The molecule has 1 unspecified atom stereocenters. The molecule has 0 aliphatic heterocycles. The van der Waals surface area contributed by atoms with Crippen molar-refractivity contribution >= 4 is 28.9 Å². The maximum absolute atomic E-state index is 5.98. The van der Waals surface area contributed by atoms with Gasteiger partial charge < -0.3 is 10.6 Å². The third kappa shape index (κ3) is 4.33. The van der Waals surface area contributed by atoms with Gasteiger partial charge in [-0.05, 0) is 51.0 Å². The van der Waals surface area contributed by atoms with Crippen LogP contribution >= 0.6 is 11.6 Å². The number of hydrogen-bond donors (Lipinski definition) is 2. The van der Waals surface area contributed by atoms with Crippen molar-refractivity contribution in [3.05, 3.63) is 40.7 Å². The number of anilines is 3. The number of halogens is 1. The zero-order valence-corrected chi connectivity index (χ0v) is 13.6. The van der Waals surface area contributed by atoms with Gasteiger partial charge in [0.25, 0.3) is 0 Å². The fraction of sp³-hybridized carbons (Fsp3) is 0.375. The summed E-state index contributed by atoms with van der Waals surface area (Å²) in [5.41, 5.74) is 2.07. The third-order valence-electron chi connectivity index (χ3n) is 3.30. The summed E-state index contributed by atoms with van der Waals surface area (Å²) in [6.45, 7) is 8.18. The van der Waals surface area contributed by atoms with E-state index in [4.69, 9.17) is 11.6 Å². The van der Waals surface area contributed by atoms with Crippen LogP contribution < -0.4 is 10.6 Å². The van der Waals surface area contributed by atoms with Crippen LogP contribution in [0, 0.1) is 13.8 Å². The summed E-state index contributed by atoms with van der Waals surface area (Å²) in [5, 5.41) is 7.42. The maximum atomic E-state index is 5.98. The molecule has 21 heavy (non-hydrogen) atoms. The van der Waals surface area contributed by atoms with Gasteiger partial charge in [0.05, 0.1) is 0 Å². The highest BCUT2D eigenvalue weighted by Gasteiger charge is 2.06. The highest BCUT2D eigenvalue weighted by molar-refractivity contribution is 6.30. The number of rotatable bonds is 5. The Labute approximate surface area is 131 Å². The SMILES string of the molecule is CCC(C)Nc1cc(Nc2ccc(Cl)cc2C)nc(C)n1. The lowest BCUT2D eigenvalue weighted by Gasteiger charge is -2.15. The minimum absolute atomic E-state index is 0.379. The Hall–Kier alpha value is -1.81. The second kappa shape index (κ2) is 6.76. The van der Waals surface area contributed by atoms with Crippen LogP contribution in [0.1, 0.15) is 31.7 Å². The summed E-state index contributed by atoms with van der Waals surface area (Å²) in [5.74, 6) is 2.35. The van der Waals surface area contributed by atoms with Crippen molar-refractivity contribution in [3.8, 4) is 0 Å². The van der Waals surface area contributed by atoms with Crippen molar-refractivity contribution < 1.29 is 0 Å². The van der Waals surface area contributed by atoms with Crippen LogP contribution in [-0.4, -0.2) is 16.0 Å². The Morgan fingerprint density at radius 2 is 1.86 bits per heavy atom. The Kier molecular flexibility index (Phi) is 5.02. The van der Waals surface area contributed by atoms with Gasteiger partial charge in [-0.1, -0.05) is 18.5 Å². The van der Waals surface area contributed by atoms with Crippen LogP contribution in [0.25, 0.3) is 0 Å². The molecule has 1 atom stereocenters. The molecule has 0 aliphatic rings. The average molecular weight is 305 g/mol. The van der Waals surface area contributed by atoms with Crippen LogP contribution in [0.2, 0.25) is 5.02 Å². The van der Waals surface area contributed by atoms with Gasteiger partial charge in [-0.2, -0.15) is 0 Å². The molecular weight excluding hydrogens is 284 g/mol. The molecule has 112 valence electrons. The zero-order valence-electron chi connectivity index (χ0n) is 12.9. The number of nitrogens with one attached hydrogen (secondary N) is 2. The highest BCUT2D eigenvalue weighted by Crippen LogP contribution is 2.23. The zero-order chi connectivity index (χ0) is 15.4. The Morgan fingerprint density at radius 1 is 1.14 bits per heavy atom. The lowest BCUT2D eigenvalue weighted by Crippen LogP contribution is -2.15. The fourth-order valence-electron chi connectivity index (χ4n) is 1.97. The fourth-order valence-corrected chi connectivity index (χ4v) is 2.19. The third-order valence-corrected chi connectivity index (χ3v) is 3.53. The summed E-state index contributed by atoms with van der Waals surface area (Å²) in [6, 6.07) is 8.05. The molecule has 2 N–H and O–H groups in total. The molecule has 0 amide bonds. The summed E-state index contributed by atoms with van der Waals surface area (Å²) in [7, 11) is 0. The molecule has 0 fully saturated rings. The number of hydrogen-bond acceptors (Lipinski definition) is 4. The molecule has 1 heterocycles. The molecule has 2 aromatic rings. The van der Waals surface area contributed by atoms with E-state index in [0.29, 0.717) is 6.04 Å². The molecule has 5 heteroatoms. The summed E-state index contributed by atoms with van der Waals surface area (Å²) < 4.78 is 0. The van der Waals surface area contributed by atoms with E-state index in [0.717, 1.165) is 40.2 Å². The van der Waals surface area contributed by atoms with E-state index < -0.39 is 0 Å². The van der Waals surface area contributed by atoms with Gasteiger partial charge in [0.1, 0.15) is 17.5 Å². The monoisotopic (exact) mass is 304 g/mol. The van der Waals surface area contributed by atoms with E-state index in [9.17, 15) is 0 Å². The van der Waals surface area contributed by atoms with Crippen LogP contribution in [-0.2, 0) is 0 Å². The summed E-state index contributed by atoms with van der Waals surface area (Å²) in [4.78, 5) is 8.85. The van der Waals surface area contributed by atoms with Gasteiger partial charge in [0, 0.05) is 22.8 Å². The Morgan fingerprint density at radius 3 is 2.52 bits per heavy atom. The van der Waals surface area contributed by atoms with E-state index in [2.05, 4.69) is 34.4 Å². The van der Waals surface area contributed by atoms with E-state index >= 15 is 0 Å². The smallest absolute Gasteiger partial charge is 0.136 e. The predicted octanol–water partition coefficient (Wildman–Crippen LogP) is 4.70. The molecule has 0 spiro atoms.